The number of carbonyl (C=O) groups is 1. The molecule has 0 bridgehead atoms. The third-order valence-electron chi connectivity index (χ3n) is 4.42. The molecule has 1 amide bonds. The summed E-state index contributed by atoms with van der Waals surface area (Å²) in [6.45, 7) is 0.640. The van der Waals surface area contributed by atoms with E-state index in [0.717, 1.165) is 5.56 Å². The highest BCUT2D eigenvalue weighted by Gasteiger charge is 2.06. The number of benzene rings is 1. The quantitative estimate of drug-likeness (QED) is 0.536. The van der Waals surface area contributed by atoms with Crippen LogP contribution in [0.2, 0.25) is 0 Å². The number of hydrogen-bond acceptors (Lipinski definition) is 6. The van der Waals surface area contributed by atoms with Crippen LogP contribution in [0, 0.1) is 0 Å². The number of hydrogen-bond donors (Lipinski definition) is 2. The second-order valence-corrected chi connectivity index (χ2v) is 6.44. The normalized spacial score (nSPS) is 10.6. The molecule has 1 aromatic carbocycles. The van der Waals surface area contributed by atoms with Gasteiger partial charge in [0.2, 0.25) is 5.91 Å². The summed E-state index contributed by atoms with van der Waals surface area (Å²) in [7, 11) is 1.58. The van der Waals surface area contributed by atoms with Crippen LogP contribution in [0.15, 0.2) is 63.3 Å². The van der Waals surface area contributed by atoms with Crippen LogP contribution < -0.4 is 26.9 Å². The van der Waals surface area contributed by atoms with Crippen molar-refractivity contribution in [2.75, 3.05) is 13.7 Å². The lowest BCUT2D eigenvalue weighted by atomic mass is 10.1. The summed E-state index contributed by atoms with van der Waals surface area (Å²) >= 11 is 0. The van der Waals surface area contributed by atoms with Crippen molar-refractivity contribution in [2.45, 2.75) is 19.5 Å². The summed E-state index contributed by atoms with van der Waals surface area (Å²) in [4.78, 5) is 53.3. The Balaban J connectivity index is 1.51. The van der Waals surface area contributed by atoms with Crippen LogP contribution in [0.1, 0.15) is 6.42 Å². The highest BCUT2D eigenvalue weighted by Crippen LogP contribution is 2.19. The van der Waals surface area contributed by atoms with Crippen molar-refractivity contribution >= 4 is 5.91 Å². The number of ether oxygens (including phenoxy) is 1. The lowest BCUT2D eigenvalue weighted by Gasteiger charge is -2.09. The molecule has 2 heterocycles. The third kappa shape index (κ3) is 5.31. The summed E-state index contributed by atoms with van der Waals surface area (Å²) < 4.78 is 7.76. The molecule has 0 aliphatic heterocycles. The Morgan fingerprint density at radius 3 is 2.53 bits per heavy atom. The number of nitrogens with one attached hydrogen (secondary N) is 2. The second kappa shape index (κ2) is 9.50. The Hall–Kier alpha value is -3.95. The fourth-order valence-electron chi connectivity index (χ4n) is 2.76. The number of rotatable bonds is 8. The average molecular weight is 411 g/mol. The number of aromatic amines is 1. The number of aromatic nitrogens is 4. The fraction of sp³-hybridized carbons (Fsp3) is 0.250. The van der Waals surface area contributed by atoms with Crippen molar-refractivity contribution in [3.8, 4) is 17.0 Å². The molecular formula is C20H21N5O5. The van der Waals surface area contributed by atoms with Crippen molar-refractivity contribution in [3.05, 3.63) is 80.1 Å². The van der Waals surface area contributed by atoms with Crippen LogP contribution in [0.3, 0.4) is 0 Å². The van der Waals surface area contributed by atoms with Gasteiger partial charge in [-0.25, -0.2) is 9.78 Å². The van der Waals surface area contributed by atoms with Crippen molar-refractivity contribution in [3.63, 3.8) is 0 Å². The van der Waals surface area contributed by atoms with Gasteiger partial charge >= 0.3 is 5.69 Å². The van der Waals surface area contributed by atoms with Gasteiger partial charge in [0.15, 0.2) is 0 Å². The first-order chi connectivity index (χ1) is 14.5. The molecule has 10 heteroatoms. The maximum absolute atomic E-state index is 12.3. The smallest absolute Gasteiger partial charge is 0.328 e. The highest BCUT2D eigenvalue weighted by molar-refractivity contribution is 5.75. The maximum atomic E-state index is 12.3. The molecular weight excluding hydrogens is 390 g/mol. The molecule has 0 unspecified atom stereocenters. The number of aryl methyl sites for hydroxylation is 1. The molecule has 0 aliphatic rings. The van der Waals surface area contributed by atoms with Crippen molar-refractivity contribution in [1.29, 1.82) is 0 Å². The van der Waals surface area contributed by atoms with Gasteiger partial charge in [0.05, 0.1) is 19.1 Å². The van der Waals surface area contributed by atoms with Crippen LogP contribution in [0.4, 0.5) is 0 Å². The zero-order valence-corrected chi connectivity index (χ0v) is 16.3. The summed E-state index contributed by atoms with van der Waals surface area (Å²) in [6.07, 6.45) is 2.84. The van der Waals surface area contributed by atoms with Crippen molar-refractivity contribution in [1.82, 2.24) is 24.4 Å². The van der Waals surface area contributed by atoms with Gasteiger partial charge in [-0.3, -0.25) is 23.9 Å². The minimum Gasteiger partial charge on any atom is -0.497 e. The van der Waals surface area contributed by atoms with Gasteiger partial charge < -0.3 is 14.6 Å². The van der Waals surface area contributed by atoms with Crippen molar-refractivity contribution < 1.29 is 9.53 Å². The van der Waals surface area contributed by atoms with Gasteiger partial charge in [0.1, 0.15) is 5.75 Å². The molecule has 30 heavy (non-hydrogen) atoms. The number of nitrogens with zero attached hydrogens (tertiary/aromatic N) is 3. The SMILES string of the molecule is COc1ccc(-c2cc(=O)n(CCNC(=O)CCn3ccc(=O)[nH]c3=O)cn2)cc1. The topological polar surface area (TPSA) is 128 Å². The summed E-state index contributed by atoms with van der Waals surface area (Å²) in [5, 5.41) is 2.69. The van der Waals surface area contributed by atoms with E-state index in [-0.39, 0.29) is 37.5 Å². The molecule has 3 aromatic rings. The third-order valence-corrected chi connectivity index (χ3v) is 4.42. The summed E-state index contributed by atoms with van der Waals surface area (Å²) in [5.74, 6) is 0.442. The molecule has 0 spiro atoms. The van der Waals surface area contributed by atoms with E-state index in [1.165, 1.54) is 33.8 Å². The maximum Gasteiger partial charge on any atom is 0.328 e. The molecule has 0 aliphatic carbocycles. The standard InChI is InChI=1S/C20H21N5O5/c1-30-15-4-2-14(3-5-15)16-12-19(28)25(13-22-16)11-8-21-17(26)6-9-24-10-7-18(27)23-20(24)29/h2-5,7,10,12-13H,6,8-9,11H2,1H3,(H,21,26)(H,23,27,29). The van der Waals surface area contributed by atoms with E-state index in [9.17, 15) is 19.2 Å². The second-order valence-electron chi connectivity index (χ2n) is 6.44. The van der Waals surface area contributed by atoms with Crippen LogP contribution in [-0.2, 0) is 17.9 Å². The van der Waals surface area contributed by atoms with Gasteiger partial charge in [-0.2, -0.15) is 0 Å². The van der Waals surface area contributed by atoms with Crippen LogP contribution in [-0.4, -0.2) is 38.7 Å². The molecule has 2 N–H and O–H groups in total. The number of H-pyrrole nitrogens is 1. The Labute approximate surface area is 170 Å². The van der Waals surface area contributed by atoms with Gasteiger partial charge in [-0.15, -0.1) is 0 Å². The summed E-state index contributed by atoms with van der Waals surface area (Å²) in [6, 6.07) is 9.87. The minimum atomic E-state index is -0.565. The van der Waals surface area contributed by atoms with E-state index in [2.05, 4.69) is 15.3 Å². The highest BCUT2D eigenvalue weighted by atomic mass is 16.5. The van der Waals surface area contributed by atoms with Crippen molar-refractivity contribution in [2.24, 2.45) is 0 Å². The number of amides is 1. The van der Waals surface area contributed by atoms with Crippen LogP contribution in [0.25, 0.3) is 11.3 Å². The fourth-order valence-corrected chi connectivity index (χ4v) is 2.76. The van der Waals surface area contributed by atoms with Crippen LogP contribution >= 0.6 is 0 Å². The van der Waals surface area contributed by atoms with Crippen LogP contribution in [0.5, 0.6) is 5.75 Å². The first-order valence-corrected chi connectivity index (χ1v) is 9.23. The predicted octanol–water partition coefficient (Wildman–Crippen LogP) is -0.0246. The lowest BCUT2D eigenvalue weighted by Crippen LogP contribution is -2.33. The Kier molecular flexibility index (Phi) is 6.58. The Bertz CT molecular complexity index is 1190. The largest absolute Gasteiger partial charge is 0.497 e. The molecule has 0 fully saturated rings. The predicted molar refractivity (Wildman–Crippen MR) is 109 cm³/mol. The molecule has 0 radical (unpaired) electrons. The molecule has 3 rings (SSSR count). The molecule has 2 aromatic heterocycles. The average Bonchev–Trinajstić information content (AvgIpc) is 2.74. The Morgan fingerprint density at radius 1 is 1.10 bits per heavy atom. The van der Waals surface area contributed by atoms with E-state index in [0.29, 0.717) is 11.4 Å². The summed E-state index contributed by atoms with van der Waals surface area (Å²) in [5.41, 5.74) is 0.0626. The van der Waals surface area contributed by atoms with Gasteiger partial charge in [-0.1, -0.05) is 0 Å². The van der Waals surface area contributed by atoms with E-state index in [1.54, 1.807) is 19.2 Å². The van der Waals surface area contributed by atoms with Gasteiger partial charge in [0, 0.05) is 49.9 Å². The zero-order chi connectivity index (χ0) is 21.5. The first kappa shape index (κ1) is 20.8. The minimum absolute atomic E-state index is 0.0650. The molecule has 0 saturated carbocycles. The zero-order valence-electron chi connectivity index (χ0n) is 16.3. The van der Waals surface area contributed by atoms with Gasteiger partial charge in [0.25, 0.3) is 11.1 Å². The first-order valence-electron chi connectivity index (χ1n) is 9.23. The molecule has 10 nitrogen and oxygen atoms in total. The molecule has 0 saturated heterocycles. The van der Waals surface area contributed by atoms with E-state index < -0.39 is 11.2 Å². The number of methoxy groups -OCH3 is 1. The van der Waals surface area contributed by atoms with E-state index >= 15 is 0 Å². The van der Waals surface area contributed by atoms with E-state index in [4.69, 9.17) is 4.74 Å². The number of carbonyl (C=O) groups excluding carboxylic acids is 1. The Morgan fingerprint density at radius 2 is 1.87 bits per heavy atom. The van der Waals surface area contributed by atoms with E-state index in [1.807, 2.05) is 12.1 Å². The van der Waals surface area contributed by atoms with Gasteiger partial charge in [-0.05, 0) is 24.3 Å². The lowest BCUT2D eigenvalue weighted by molar-refractivity contribution is -0.121. The molecule has 156 valence electrons. The monoisotopic (exact) mass is 411 g/mol. The molecule has 0 atom stereocenters.